The maximum absolute atomic E-state index is 12.2. The van der Waals surface area contributed by atoms with Gasteiger partial charge in [0.1, 0.15) is 0 Å². The Balaban J connectivity index is 3.07. The Morgan fingerprint density at radius 2 is 2.00 bits per heavy atom. The summed E-state index contributed by atoms with van der Waals surface area (Å²) in [6.45, 7) is 5.09. The first kappa shape index (κ1) is 16.8. The largest absolute Gasteiger partial charge is 0.395 e. The molecule has 0 radical (unpaired) electrons. The van der Waals surface area contributed by atoms with Crippen LogP contribution in [0.1, 0.15) is 37.6 Å². The second kappa shape index (κ2) is 6.97. The zero-order valence-electron chi connectivity index (χ0n) is 12.0. The van der Waals surface area contributed by atoms with Gasteiger partial charge in [-0.15, -0.1) is 0 Å². The number of hydrogen-bond donors (Lipinski definition) is 2. The molecule has 0 saturated heterocycles. The molecule has 0 aliphatic rings. The molecule has 1 aromatic rings. The fourth-order valence-corrected chi connectivity index (χ4v) is 3.11. The Hall–Kier alpha value is -1.24. The van der Waals surface area contributed by atoms with Gasteiger partial charge in [-0.1, -0.05) is 32.9 Å². The van der Waals surface area contributed by atoms with Crippen LogP contribution in [-0.2, 0) is 10.0 Å². The van der Waals surface area contributed by atoms with E-state index in [2.05, 4.69) is 4.72 Å². The molecule has 112 valence electrons. The van der Waals surface area contributed by atoms with Crippen molar-refractivity contribution in [1.82, 2.24) is 4.72 Å². The van der Waals surface area contributed by atoms with Crippen LogP contribution in [0.2, 0.25) is 0 Å². The average molecular weight is 299 g/mol. The monoisotopic (exact) mass is 299 g/mol. The number of Topliss-reactive ketones (excluding diaryl/α,β-unsaturated/α-hetero) is 1. The number of ketones is 1. The molecule has 1 atom stereocenters. The molecule has 0 saturated carbocycles. The molecule has 0 amide bonds. The second-order valence-electron chi connectivity index (χ2n) is 4.96. The van der Waals surface area contributed by atoms with Crippen molar-refractivity contribution in [2.75, 3.05) is 6.61 Å². The van der Waals surface area contributed by atoms with E-state index in [1.54, 1.807) is 19.1 Å². The number of benzene rings is 1. The van der Waals surface area contributed by atoms with Crippen LogP contribution in [0.5, 0.6) is 0 Å². The Kier molecular flexibility index (Phi) is 5.86. The fourth-order valence-electron chi connectivity index (χ4n) is 1.69. The lowest BCUT2D eigenvalue weighted by molar-refractivity contribution is 0.0988. The summed E-state index contributed by atoms with van der Waals surface area (Å²) in [6, 6.07) is 5.38. The lowest BCUT2D eigenvalue weighted by Crippen LogP contribution is -2.41. The first-order chi connectivity index (χ1) is 9.31. The molecular weight excluding hydrogens is 278 g/mol. The number of carbonyl (C=O) groups is 1. The number of hydrogen-bond acceptors (Lipinski definition) is 4. The second-order valence-corrected chi connectivity index (χ2v) is 6.67. The predicted octanol–water partition coefficient (Wildman–Crippen LogP) is 1.57. The van der Waals surface area contributed by atoms with Crippen molar-refractivity contribution in [2.45, 2.75) is 38.1 Å². The van der Waals surface area contributed by atoms with Gasteiger partial charge in [0.05, 0.1) is 11.5 Å². The number of aliphatic hydroxyl groups excluding tert-OH is 1. The maximum Gasteiger partial charge on any atom is 0.240 e. The highest BCUT2D eigenvalue weighted by atomic mass is 32.2. The smallest absolute Gasteiger partial charge is 0.240 e. The highest BCUT2D eigenvalue weighted by molar-refractivity contribution is 7.89. The van der Waals surface area contributed by atoms with Crippen LogP contribution >= 0.6 is 0 Å². The normalized spacial score (nSPS) is 13.4. The number of nitrogens with one attached hydrogen (secondary N) is 1. The maximum atomic E-state index is 12.2. The molecule has 1 aromatic carbocycles. The standard InChI is InChI=1S/C14H21NO4S/c1-4-14(17)11-6-5-7-12(8-11)20(18,19)15-13(9-16)10(2)3/h5-8,10,13,15-16H,4,9H2,1-3H3/t13-/m1/s1. The summed E-state index contributed by atoms with van der Waals surface area (Å²) in [5, 5.41) is 9.21. The van der Waals surface area contributed by atoms with Crippen LogP contribution in [0.4, 0.5) is 0 Å². The molecule has 0 unspecified atom stereocenters. The number of aliphatic hydroxyl groups is 1. The third-order valence-electron chi connectivity index (χ3n) is 3.10. The molecule has 6 heteroatoms. The topological polar surface area (TPSA) is 83.5 Å². The van der Waals surface area contributed by atoms with Gasteiger partial charge in [0.25, 0.3) is 0 Å². The lowest BCUT2D eigenvalue weighted by Gasteiger charge is -2.20. The molecule has 0 bridgehead atoms. The van der Waals surface area contributed by atoms with Gasteiger partial charge in [-0.3, -0.25) is 4.79 Å². The van der Waals surface area contributed by atoms with Crippen molar-refractivity contribution in [3.05, 3.63) is 29.8 Å². The first-order valence-corrected chi connectivity index (χ1v) is 8.06. The minimum Gasteiger partial charge on any atom is -0.395 e. The van der Waals surface area contributed by atoms with Gasteiger partial charge in [0, 0.05) is 18.0 Å². The molecule has 2 N–H and O–H groups in total. The molecule has 20 heavy (non-hydrogen) atoms. The summed E-state index contributed by atoms with van der Waals surface area (Å²) < 4.78 is 26.9. The summed E-state index contributed by atoms with van der Waals surface area (Å²) >= 11 is 0. The van der Waals surface area contributed by atoms with Gasteiger partial charge in [-0.05, 0) is 18.1 Å². The van der Waals surface area contributed by atoms with E-state index in [1.807, 2.05) is 13.8 Å². The zero-order valence-corrected chi connectivity index (χ0v) is 12.8. The van der Waals surface area contributed by atoms with Gasteiger partial charge >= 0.3 is 0 Å². The minimum atomic E-state index is -3.74. The molecule has 5 nitrogen and oxygen atoms in total. The first-order valence-electron chi connectivity index (χ1n) is 6.58. The van der Waals surface area contributed by atoms with Crippen molar-refractivity contribution in [3.8, 4) is 0 Å². The Labute approximate surface area is 120 Å². The van der Waals surface area contributed by atoms with Crippen LogP contribution < -0.4 is 4.72 Å². The minimum absolute atomic E-state index is 0.0322. The number of sulfonamides is 1. The van der Waals surface area contributed by atoms with Gasteiger partial charge in [0.15, 0.2) is 5.78 Å². The molecule has 0 aliphatic carbocycles. The van der Waals surface area contributed by atoms with E-state index in [-0.39, 0.29) is 23.2 Å². The molecular formula is C14H21NO4S. The van der Waals surface area contributed by atoms with Crippen LogP contribution in [-0.4, -0.2) is 32.0 Å². The van der Waals surface area contributed by atoms with Crippen LogP contribution in [0.15, 0.2) is 29.2 Å². The summed E-state index contributed by atoms with van der Waals surface area (Å²) in [5.74, 6) is -0.139. The van der Waals surface area contributed by atoms with Gasteiger partial charge in [-0.2, -0.15) is 0 Å². The molecule has 0 heterocycles. The van der Waals surface area contributed by atoms with E-state index >= 15 is 0 Å². The van der Waals surface area contributed by atoms with Crippen molar-refractivity contribution >= 4 is 15.8 Å². The fraction of sp³-hybridized carbons (Fsp3) is 0.500. The van der Waals surface area contributed by atoms with Crippen molar-refractivity contribution in [1.29, 1.82) is 0 Å². The molecule has 0 aromatic heterocycles. The highest BCUT2D eigenvalue weighted by Crippen LogP contribution is 2.14. The number of carbonyl (C=O) groups excluding carboxylic acids is 1. The third kappa shape index (κ3) is 4.13. The SMILES string of the molecule is CCC(=O)c1cccc(S(=O)(=O)N[C@H](CO)C(C)C)c1. The zero-order chi connectivity index (χ0) is 15.3. The van der Waals surface area contributed by atoms with E-state index in [1.165, 1.54) is 12.1 Å². The van der Waals surface area contributed by atoms with E-state index < -0.39 is 16.1 Å². The Bertz CT molecular complexity index is 566. The van der Waals surface area contributed by atoms with E-state index in [0.717, 1.165) is 0 Å². The molecule has 0 spiro atoms. The molecule has 0 aliphatic heterocycles. The van der Waals surface area contributed by atoms with Crippen molar-refractivity contribution in [3.63, 3.8) is 0 Å². The van der Waals surface area contributed by atoms with Crippen LogP contribution in [0.25, 0.3) is 0 Å². The van der Waals surface area contributed by atoms with E-state index in [4.69, 9.17) is 0 Å². The predicted molar refractivity (Wildman–Crippen MR) is 77.1 cm³/mol. The lowest BCUT2D eigenvalue weighted by atomic mass is 10.1. The Morgan fingerprint density at radius 3 is 2.50 bits per heavy atom. The highest BCUT2D eigenvalue weighted by Gasteiger charge is 2.22. The quantitative estimate of drug-likeness (QED) is 0.749. The van der Waals surface area contributed by atoms with Gasteiger partial charge < -0.3 is 5.11 Å². The van der Waals surface area contributed by atoms with Gasteiger partial charge in [0.2, 0.25) is 10.0 Å². The van der Waals surface area contributed by atoms with Crippen molar-refractivity contribution < 1.29 is 18.3 Å². The summed E-state index contributed by atoms with van der Waals surface area (Å²) in [5.41, 5.74) is 0.375. The van der Waals surface area contributed by atoms with E-state index in [0.29, 0.717) is 12.0 Å². The third-order valence-corrected chi connectivity index (χ3v) is 4.58. The average Bonchev–Trinajstić information content (AvgIpc) is 2.43. The molecule has 1 rings (SSSR count). The number of rotatable bonds is 7. The summed E-state index contributed by atoms with van der Waals surface area (Å²) in [4.78, 5) is 11.7. The van der Waals surface area contributed by atoms with E-state index in [9.17, 15) is 18.3 Å². The van der Waals surface area contributed by atoms with Crippen molar-refractivity contribution in [2.24, 2.45) is 5.92 Å². The van der Waals surface area contributed by atoms with Gasteiger partial charge in [-0.25, -0.2) is 13.1 Å². The summed E-state index contributed by atoms with van der Waals surface area (Å²) in [7, 11) is -3.74. The molecule has 0 fully saturated rings. The van der Waals surface area contributed by atoms with Crippen LogP contribution in [0, 0.1) is 5.92 Å². The summed E-state index contributed by atoms with van der Waals surface area (Å²) in [6.07, 6.45) is 0.322. The Morgan fingerprint density at radius 1 is 1.35 bits per heavy atom. The van der Waals surface area contributed by atoms with Crippen LogP contribution in [0.3, 0.4) is 0 Å².